The maximum atomic E-state index is 10.9. The maximum Gasteiger partial charge on any atom is 0.335 e. The summed E-state index contributed by atoms with van der Waals surface area (Å²) < 4.78 is 1.88. The van der Waals surface area contributed by atoms with Crippen LogP contribution in [0, 0.1) is 6.92 Å². The highest BCUT2D eigenvalue weighted by Gasteiger charge is 2.05. The lowest BCUT2D eigenvalue weighted by atomic mass is 10.1. The molecule has 1 N–H and O–H groups in total. The fourth-order valence-corrected chi connectivity index (χ4v) is 2.28. The number of carboxylic acids is 1. The Morgan fingerprint density at radius 3 is 2.36 bits per heavy atom. The van der Waals surface area contributed by atoms with Gasteiger partial charge >= 0.3 is 5.97 Å². The largest absolute Gasteiger partial charge is 0.478 e. The van der Waals surface area contributed by atoms with Gasteiger partial charge in [0, 0.05) is 11.8 Å². The van der Waals surface area contributed by atoms with Crippen molar-refractivity contribution < 1.29 is 9.90 Å². The Kier molecular flexibility index (Phi) is 3.74. The van der Waals surface area contributed by atoms with Gasteiger partial charge in [0.15, 0.2) is 0 Å². The van der Waals surface area contributed by atoms with Gasteiger partial charge in [-0.25, -0.2) is 4.79 Å². The standard InChI is InChI=1S/C18H16N2O2/c1-13-2-4-14(5-3-13)11-20-12-17(10-19-20)15-6-8-16(9-7-15)18(21)22/h2-10,12H,11H2,1H3,(H,21,22). The first-order chi connectivity index (χ1) is 10.6. The van der Waals surface area contributed by atoms with Gasteiger partial charge in [-0.3, -0.25) is 4.68 Å². The molecule has 0 saturated carbocycles. The summed E-state index contributed by atoms with van der Waals surface area (Å²) in [4.78, 5) is 10.9. The highest BCUT2D eigenvalue weighted by Crippen LogP contribution is 2.19. The van der Waals surface area contributed by atoms with E-state index in [0.29, 0.717) is 6.54 Å². The van der Waals surface area contributed by atoms with E-state index in [-0.39, 0.29) is 5.56 Å². The van der Waals surface area contributed by atoms with Gasteiger partial charge < -0.3 is 5.11 Å². The summed E-state index contributed by atoms with van der Waals surface area (Å²) in [6, 6.07) is 15.2. The summed E-state index contributed by atoms with van der Waals surface area (Å²) in [7, 11) is 0. The van der Waals surface area contributed by atoms with Crippen LogP contribution in [0.3, 0.4) is 0 Å². The molecule has 0 unspecified atom stereocenters. The Morgan fingerprint density at radius 2 is 1.73 bits per heavy atom. The number of carboxylic acid groups (broad SMARTS) is 1. The van der Waals surface area contributed by atoms with Crippen molar-refractivity contribution in [2.45, 2.75) is 13.5 Å². The minimum Gasteiger partial charge on any atom is -0.478 e. The zero-order chi connectivity index (χ0) is 15.5. The molecule has 1 aromatic heterocycles. The summed E-state index contributed by atoms with van der Waals surface area (Å²) >= 11 is 0. The first-order valence-corrected chi connectivity index (χ1v) is 7.03. The minimum atomic E-state index is -0.915. The fourth-order valence-electron chi connectivity index (χ4n) is 2.28. The molecule has 110 valence electrons. The smallest absolute Gasteiger partial charge is 0.335 e. The third-order valence-electron chi connectivity index (χ3n) is 3.56. The minimum absolute atomic E-state index is 0.288. The average molecular weight is 292 g/mol. The Hall–Kier alpha value is -2.88. The number of rotatable bonds is 4. The van der Waals surface area contributed by atoms with E-state index >= 15 is 0 Å². The number of carbonyl (C=O) groups is 1. The first kappa shape index (κ1) is 14.1. The van der Waals surface area contributed by atoms with E-state index in [4.69, 9.17) is 5.11 Å². The summed E-state index contributed by atoms with van der Waals surface area (Å²) in [5.74, 6) is -0.915. The topological polar surface area (TPSA) is 55.1 Å². The molecule has 0 bridgehead atoms. The molecule has 22 heavy (non-hydrogen) atoms. The Balaban J connectivity index is 1.78. The third-order valence-corrected chi connectivity index (χ3v) is 3.56. The number of aromatic carboxylic acids is 1. The van der Waals surface area contributed by atoms with Gasteiger partial charge in [0.1, 0.15) is 0 Å². The van der Waals surface area contributed by atoms with Crippen molar-refractivity contribution in [3.05, 3.63) is 77.6 Å². The molecule has 0 saturated heterocycles. The lowest BCUT2D eigenvalue weighted by Crippen LogP contribution is -1.99. The van der Waals surface area contributed by atoms with Crippen LogP contribution in [0.15, 0.2) is 60.9 Å². The summed E-state index contributed by atoms with van der Waals surface area (Å²) in [6.45, 7) is 2.78. The van der Waals surface area contributed by atoms with Crippen molar-refractivity contribution in [2.24, 2.45) is 0 Å². The molecule has 4 nitrogen and oxygen atoms in total. The molecule has 4 heteroatoms. The second-order valence-electron chi connectivity index (χ2n) is 5.29. The maximum absolute atomic E-state index is 10.9. The third kappa shape index (κ3) is 3.06. The van der Waals surface area contributed by atoms with Crippen molar-refractivity contribution in [1.29, 1.82) is 0 Å². The van der Waals surface area contributed by atoms with Gasteiger partial charge in [-0.15, -0.1) is 0 Å². The van der Waals surface area contributed by atoms with Crippen molar-refractivity contribution in [1.82, 2.24) is 9.78 Å². The number of hydrogen-bond donors (Lipinski definition) is 1. The van der Waals surface area contributed by atoms with E-state index in [2.05, 4.69) is 36.3 Å². The fraction of sp³-hybridized carbons (Fsp3) is 0.111. The molecule has 0 spiro atoms. The van der Waals surface area contributed by atoms with Crippen molar-refractivity contribution in [3.63, 3.8) is 0 Å². The van der Waals surface area contributed by atoms with Gasteiger partial charge in [0.05, 0.1) is 18.3 Å². The van der Waals surface area contributed by atoms with Crippen LogP contribution >= 0.6 is 0 Å². The predicted molar refractivity (Wildman–Crippen MR) is 84.9 cm³/mol. The first-order valence-electron chi connectivity index (χ1n) is 7.03. The van der Waals surface area contributed by atoms with Crippen LogP contribution in [-0.4, -0.2) is 20.9 Å². The molecule has 1 heterocycles. The number of benzene rings is 2. The normalized spacial score (nSPS) is 10.6. The number of hydrogen-bond acceptors (Lipinski definition) is 2. The molecule has 0 amide bonds. The van der Waals surface area contributed by atoms with Gasteiger partial charge in [0.25, 0.3) is 0 Å². The summed E-state index contributed by atoms with van der Waals surface area (Å²) in [5, 5.41) is 13.3. The quantitative estimate of drug-likeness (QED) is 0.799. The van der Waals surface area contributed by atoms with E-state index in [9.17, 15) is 4.79 Å². The molecule has 3 aromatic rings. The van der Waals surface area contributed by atoms with Gasteiger partial charge in [-0.1, -0.05) is 42.0 Å². The molecule has 0 fully saturated rings. The zero-order valence-corrected chi connectivity index (χ0v) is 12.2. The molecule has 3 rings (SSSR count). The van der Waals surface area contributed by atoms with Crippen LogP contribution in [0.25, 0.3) is 11.1 Å². The van der Waals surface area contributed by atoms with Crippen molar-refractivity contribution >= 4 is 5.97 Å². The molecule has 0 aliphatic carbocycles. The van der Waals surface area contributed by atoms with Crippen LogP contribution in [0.5, 0.6) is 0 Å². The van der Waals surface area contributed by atoms with E-state index in [1.165, 1.54) is 11.1 Å². The van der Waals surface area contributed by atoms with Gasteiger partial charge in [-0.05, 0) is 30.2 Å². The SMILES string of the molecule is Cc1ccc(Cn2cc(-c3ccc(C(=O)O)cc3)cn2)cc1. The highest BCUT2D eigenvalue weighted by molar-refractivity contribution is 5.88. The van der Waals surface area contributed by atoms with Crippen LogP contribution in [-0.2, 0) is 6.54 Å². The van der Waals surface area contributed by atoms with Crippen LogP contribution in [0.4, 0.5) is 0 Å². The number of aromatic nitrogens is 2. The average Bonchev–Trinajstić information content (AvgIpc) is 2.98. The van der Waals surface area contributed by atoms with E-state index < -0.39 is 5.97 Å². The monoisotopic (exact) mass is 292 g/mol. The van der Waals surface area contributed by atoms with E-state index in [1.54, 1.807) is 30.5 Å². The van der Waals surface area contributed by atoms with Crippen LogP contribution in [0.2, 0.25) is 0 Å². The lowest BCUT2D eigenvalue weighted by Gasteiger charge is -2.02. The van der Waals surface area contributed by atoms with Crippen LogP contribution in [0.1, 0.15) is 21.5 Å². The Morgan fingerprint density at radius 1 is 1.05 bits per heavy atom. The second-order valence-corrected chi connectivity index (χ2v) is 5.29. The van der Waals surface area contributed by atoms with E-state index in [1.807, 2.05) is 10.9 Å². The van der Waals surface area contributed by atoms with Crippen molar-refractivity contribution in [3.8, 4) is 11.1 Å². The Labute approximate surface area is 128 Å². The van der Waals surface area contributed by atoms with Crippen LogP contribution < -0.4 is 0 Å². The predicted octanol–water partition coefficient (Wildman–Crippen LogP) is 3.61. The summed E-state index contributed by atoms with van der Waals surface area (Å²) in [6.07, 6.45) is 3.76. The zero-order valence-electron chi connectivity index (χ0n) is 12.2. The summed E-state index contributed by atoms with van der Waals surface area (Å²) in [5.41, 5.74) is 4.66. The molecule has 0 aliphatic rings. The molecule has 0 atom stereocenters. The van der Waals surface area contributed by atoms with E-state index in [0.717, 1.165) is 11.1 Å². The molecule has 0 aliphatic heterocycles. The van der Waals surface area contributed by atoms with Crippen molar-refractivity contribution in [2.75, 3.05) is 0 Å². The van der Waals surface area contributed by atoms with Gasteiger partial charge in [-0.2, -0.15) is 5.10 Å². The number of aryl methyl sites for hydroxylation is 1. The lowest BCUT2D eigenvalue weighted by molar-refractivity contribution is 0.0697. The molecular weight excluding hydrogens is 276 g/mol. The van der Waals surface area contributed by atoms with Gasteiger partial charge in [0.2, 0.25) is 0 Å². The molecule has 0 radical (unpaired) electrons. The molecular formula is C18H16N2O2. The molecule has 2 aromatic carbocycles. The second kappa shape index (κ2) is 5.85. The Bertz CT molecular complexity index is 787. The highest BCUT2D eigenvalue weighted by atomic mass is 16.4. The number of nitrogens with zero attached hydrogens (tertiary/aromatic N) is 2.